The zero-order valence-corrected chi connectivity index (χ0v) is 15.2. The first kappa shape index (κ1) is 19.0. The minimum atomic E-state index is -0.618. The summed E-state index contributed by atoms with van der Waals surface area (Å²) in [4.78, 5) is 38.0. The number of esters is 2. The lowest BCUT2D eigenvalue weighted by Gasteiger charge is -2.02. The lowest BCUT2D eigenvalue weighted by molar-refractivity contribution is -0.385. The van der Waals surface area contributed by atoms with E-state index in [0.29, 0.717) is 22.4 Å². The molecule has 0 saturated heterocycles. The number of hydrogen-bond donors (Lipinski definition) is 0. The van der Waals surface area contributed by atoms with E-state index in [9.17, 15) is 19.7 Å². The molecule has 0 radical (unpaired) electrons. The van der Waals surface area contributed by atoms with Gasteiger partial charge in [-0.05, 0) is 42.8 Å². The van der Waals surface area contributed by atoms with Crippen molar-refractivity contribution in [3.63, 3.8) is 0 Å². The van der Waals surface area contributed by atoms with Crippen molar-refractivity contribution in [3.05, 3.63) is 75.0 Å². The predicted molar refractivity (Wildman–Crippen MR) is 101 cm³/mol. The summed E-state index contributed by atoms with van der Waals surface area (Å²) in [6.45, 7) is 3.30. The number of benzene rings is 2. The lowest BCUT2D eigenvalue weighted by Crippen LogP contribution is -2.06. The summed E-state index contributed by atoms with van der Waals surface area (Å²) >= 11 is 0. The second-order valence-electron chi connectivity index (χ2n) is 5.99. The van der Waals surface area contributed by atoms with Gasteiger partial charge in [0.2, 0.25) is 5.90 Å². The summed E-state index contributed by atoms with van der Waals surface area (Å²) < 4.78 is 10.3. The standard InChI is InChI=1S/C20H16N2O6/c1-3-18(23)27-15-7-4-13(5-8-15)11-16-20(24)28-19(21-16)14-6-9-17(22(25)26)12(2)10-14/h4-11H,3H2,1-2H3/b16-11-. The van der Waals surface area contributed by atoms with Crippen LogP contribution in [0.25, 0.3) is 6.08 Å². The third-order valence-corrected chi connectivity index (χ3v) is 3.96. The van der Waals surface area contributed by atoms with Crippen LogP contribution < -0.4 is 4.74 Å². The maximum atomic E-state index is 12.1. The van der Waals surface area contributed by atoms with Gasteiger partial charge in [-0.25, -0.2) is 9.79 Å². The van der Waals surface area contributed by atoms with Gasteiger partial charge in [-0.15, -0.1) is 0 Å². The molecule has 1 aliphatic rings. The summed E-state index contributed by atoms with van der Waals surface area (Å²) in [5.74, 6) is -0.457. The molecule has 8 heteroatoms. The Morgan fingerprint density at radius 2 is 1.96 bits per heavy atom. The van der Waals surface area contributed by atoms with Crippen molar-refractivity contribution >= 4 is 29.6 Å². The number of cyclic esters (lactones) is 1. The van der Waals surface area contributed by atoms with Gasteiger partial charge in [0.05, 0.1) is 4.92 Å². The second kappa shape index (κ2) is 7.83. The molecule has 1 aliphatic heterocycles. The fourth-order valence-electron chi connectivity index (χ4n) is 2.52. The van der Waals surface area contributed by atoms with Crippen LogP contribution in [-0.4, -0.2) is 22.8 Å². The number of ether oxygens (including phenoxy) is 2. The van der Waals surface area contributed by atoms with E-state index in [1.54, 1.807) is 50.3 Å². The number of carbonyl (C=O) groups excluding carboxylic acids is 2. The molecule has 2 aromatic rings. The minimum Gasteiger partial charge on any atom is -0.427 e. The Labute approximate surface area is 160 Å². The van der Waals surface area contributed by atoms with Gasteiger partial charge in [-0.2, -0.15) is 0 Å². The smallest absolute Gasteiger partial charge is 0.363 e. The Morgan fingerprint density at radius 1 is 1.25 bits per heavy atom. The van der Waals surface area contributed by atoms with Gasteiger partial charge < -0.3 is 9.47 Å². The van der Waals surface area contributed by atoms with Crippen LogP contribution in [0.5, 0.6) is 5.75 Å². The van der Waals surface area contributed by atoms with Crippen LogP contribution in [0, 0.1) is 17.0 Å². The SMILES string of the molecule is CCC(=O)Oc1ccc(/C=C2\N=C(c3ccc([N+](=O)[O-])c(C)c3)OC2=O)cc1. The Hall–Kier alpha value is -3.81. The Kier molecular flexibility index (Phi) is 5.30. The van der Waals surface area contributed by atoms with E-state index in [4.69, 9.17) is 9.47 Å². The van der Waals surface area contributed by atoms with Crippen molar-refractivity contribution in [2.24, 2.45) is 4.99 Å². The van der Waals surface area contributed by atoms with Crippen LogP contribution in [0.15, 0.2) is 53.2 Å². The van der Waals surface area contributed by atoms with Crippen molar-refractivity contribution in [1.82, 2.24) is 0 Å². The van der Waals surface area contributed by atoms with E-state index in [-0.39, 0.29) is 29.7 Å². The molecule has 1 heterocycles. The number of nitro groups is 1. The normalized spacial score (nSPS) is 14.6. The highest BCUT2D eigenvalue weighted by molar-refractivity contribution is 6.13. The van der Waals surface area contributed by atoms with Crippen LogP contribution in [0.3, 0.4) is 0 Å². The van der Waals surface area contributed by atoms with Crippen molar-refractivity contribution in [2.45, 2.75) is 20.3 Å². The fraction of sp³-hybridized carbons (Fsp3) is 0.150. The first-order valence-corrected chi connectivity index (χ1v) is 8.46. The van der Waals surface area contributed by atoms with Gasteiger partial charge >= 0.3 is 11.9 Å². The van der Waals surface area contributed by atoms with Gasteiger partial charge in [-0.3, -0.25) is 14.9 Å². The summed E-state index contributed by atoms with van der Waals surface area (Å²) in [5.41, 5.74) is 1.67. The van der Waals surface area contributed by atoms with Crippen LogP contribution in [0.4, 0.5) is 5.69 Å². The number of rotatable bonds is 5. The average Bonchev–Trinajstić information content (AvgIpc) is 3.03. The first-order chi connectivity index (χ1) is 13.4. The van der Waals surface area contributed by atoms with Crippen LogP contribution in [-0.2, 0) is 14.3 Å². The summed E-state index contributed by atoms with van der Waals surface area (Å²) in [6.07, 6.45) is 1.82. The molecule has 0 bridgehead atoms. The zero-order chi connectivity index (χ0) is 20.3. The molecule has 8 nitrogen and oxygen atoms in total. The van der Waals surface area contributed by atoms with E-state index in [1.165, 1.54) is 12.1 Å². The molecule has 0 fully saturated rings. The van der Waals surface area contributed by atoms with Gasteiger partial charge in [0.25, 0.3) is 5.69 Å². The minimum absolute atomic E-state index is 0.0201. The second-order valence-corrected chi connectivity index (χ2v) is 5.99. The van der Waals surface area contributed by atoms with Gasteiger partial charge in [0.15, 0.2) is 5.70 Å². The van der Waals surface area contributed by atoms with E-state index in [1.807, 2.05) is 0 Å². The highest BCUT2D eigenvalue weighted by atomic mass is 16.6. The fourth-order valence-corrected chi connectivity index (χ4v) is 2.52. The topological polar surface area (TPSA) is 108 Å². The highest BCUT2D eigenvalue weighted by Gasteiger charge is 2.25. The van der Waals surface area contributed by atoms with Crippen LogP contribution >= 0.6 is 0 Å². The van der Waals surface area contributed by atoms with Crippen molar-refractivity contribution < 1.29 is 24.0 Å². The molecule has 0 aromatic heterocycles. The molecule has 0 amide bonds. The Bertz CT molecular complexity index is 1020. The van der Waals surface area contributed by atoms with Gasteiger partial charge in [0, 0.05) is 23.6 Å². The molecule has 142 valence electrons. The Balaban J connectivity index is 1.82. The van der Waals surface area contributed by atoms with Gasteiger partial charge in [-0.1, -0.05) is 19.1 Å². The zero-order valence-electron chi connectivity index (χ0n) is 15.2. The molecule has 2 aromatic carbocycles. The first-order valence-electron chi connectivity index (χ1n) is 8.46. The van der Waals surface area contributed by atoms with Gasteiger partial charge in [0.1, 0.15) is 5.75 Å². The molecule has 0 spiro atoms. The van der Waals surface area contributed by atoms with E-state index < -0.39 is 10.9 Å². The number of aliphatic imine (C=N–C) groups is 1. The maximum Gasteiger partial charge on any atom is 0.363 e. The third-order valence-electron chi connectivity index (χ3n) is 3.96. The molecular formula is C20H16N2O6. The Morgan fingerprint density at radius 3 is 2.57 bits per heavy atom. The number of hydrogen-bond acceptors (Lipinski definition) is 7. The van der Waals surface area contributed by atoms with E-state index in [2.05, 4.69) is 4.99 Å². The van der Waals surface area contributed by atoms with E-state index in [0.717, 1.165) is 0 Å². The van der Waals surface area contributed by atoms with E-state index >= 15 is 0 Å². The molecule has 0 unspecified atom stereocenters. The number of nitro benzene ring substituents is 1. The quantitative estimate of drug-likeness (QED) is 0.258. The van der Waals surface area contributed by atoms with Crippen LogP contribution in [0.2, 0.25) is 0 Å². The molecule has 28 heavy (non-hydrogen) atoms. The molecule has 0 aliphatic carbocycles. The largest absolute Gasteiger partial charge is 0.427 e. The molecule has 3 rings (SSSR count). The molecular weight excluding hydrogens is 364 g/mol. The molecule has 0 saturated carbocycles. The summed E-state index contributed by atoms with van der Waals surface area (Å²) in [5, 5.41) is 10.9. The lowest BCUT2D eigenvalue weighted by atomic mass is 10.1. The van der Waals surface area contributed by atoms with Crippen molar-refractivity contribution in [1.29, 1.82) is 0 Å². The average molecular weight is 380 g/mol. The van der Waals surface area contributed by atoms with Crippen molar-refractivity contribution in [3.8, 4) is 5.75 Å². The number of carbonyl (C=O) groups is 2. The predicted octanol–water partition coefficient (Wildman–Crippen LogP) is 3.56. The monoisotopic (exact) mass is 380 g/mol. The number of nitrogens with zero attached hydrogens (tertiary/aromatic N) is 2. The molecule has 0 atom stereocenters. The number of aryl methyl sites for hydroxylation is 1. The third kappa shape index (κ3) is 4.12. The summed E-state index contributed by atoms with van der Waals surface area (Å²) in [6, 6.07) is 11.0. The highest BCUT2D eigenvalue weighted by Crippen LogP contribution is 2.24. The maximum absolute atomic E-state index is 12.1. The van der Waals surface area contributed by atoms with Crippen molar-refractivity contribution in [2.75, 3.05) is 0 Å². The van der Waals surface area contributed by atoms with Crippen LogP contribution in [0.1, 0.15) is 30.0 Å². The summed E-state index contributed by atoms with van der Waals surface area (Å²) in [7, 11) is 0. The molecule has 0 N–H and O–H groups in total.